The van der Waals surface area contributed by atoms with E-state index in [-0.39, 0.29) is 0 Å². The molecular formula is C5H11NO. The Hall–Kier alpha value is -0.530. The molecule has 0 atom stereocenters. The highest BCUT2D eigenvalue weighted by Gasteiger charge is 1.77. The Balaban J connectivity index is 3.29. The first-order valence-corrected chi connectivity index (χ1v) is 2.36. The van der Waals surface area contributed by atoms with Crippen LogP contribution in [0.25, 0.3) is 0 Å². The van der Waals surface area contributed by atoms with Crippen LogP contribution in [0.3, 0.4) is 0 Å². The van der Waals surface area contributed by atoms with E-state index in [1.807, 2.05) is 13.8 Å². The van der Waals surface area contributed by atoms with E-state index in [0.29, 0.717) is 0 Å². The van der Waals surface area contributed by atoms with Gasteiger partial charge in [-0.1, -0.05) is 0 Å². The van der Waals surface area contributed by atoms with E-state index in [0.717, 1.165) is 12.4 Å². The van der Waals surface area contributed by atoms with Crippen molar-refractivity contribution in [3.63, 3.8) is 0 Å². The maximum Gasteiger partial charge on any atom is 0.179 e. The average Bonchev–Trinajstić information content (AvgIpc) is 1.68. The van der Waals surface area contributed by atoms with Crippen LogP contribution >= 0.6 is 0 Å². The lowest BCUT2D eigenvalue weighted by atomic mass is 10.7. The fraction of sp³-hybridized carbons (Fsp3) is 0.800. The summed E-state index contributed by atoms with van der Waals surface area (Å²) < 4.78 is 4.74. The van der Waals surface area contributed by atoms with Crippen LogP contribution in [0.15, 0.2) is 4.99 Å². The minimum Gasteiger partial charge on any atom is -0.484 e. The Labute approximate surface area is 44.2 Å². The second-order valence-corrected chi connectivity index (χ2v) is 1.20. The highest BCUT2D eigenvalue weighted by atomic mass is 16.5. The molecule has 0 aliphatic carbocycles. The molecular weight excluding hydrogens is 90.1 g/mol. The van der Waals surface area contributed by atoms with Crippen molar-refractivity contribution < 1.29 is 4.74 Å². The molecule has 0 rings (SSSR count). The second kappa shape index (κ2) is 3.65. The van der Waals surface area contributed by atoms with Gasteiger partial charge in [0.1, 0.15) is 0 Å². The Kier molecular flexibility index (Phi) is 3.38. The molecule has 0 saturated carbocycles. The van der Waals surface area contributed by atoms with Crippen molar-refractivity contribution >= 4 is 5.90 Å². The summed E-state index contributed by atoms with van der Waals surface area (Å²) in [4.78, 5) is 3.94. The Bertz CT molecular complexity index is 68.5. The molecule has 0 spiro atoms. The van der Waals surface area contributed by atoms with Gasteiger partial charge in [-0.2, -0.15) is 0 Å². The van der Waals surface area contributed by atoms with Gasteiger partial charge in [-0.3, -0.25) is 4.99 Å². The second-order valence-electron chi connectivity index (χ2n) is 1.20. The number of hydrogen-bond acceptors (Lipinski definition) is 2. The minimum absolute atomic E-state index is 0.752. The third-order valence-corrected chi connectivity index (χ3v) is 0.676. The fourth-order valence-electron chi connectivity index (χ4n) is 0.287. The van der Waals surface area contributed by atoms with Crippen LogP contribution in [-0.4, -0.2) is 19.6 Å². The summed E-state index contributed by atoms with van der Waals surface area (Å²) in [5.74, 6) is 0.752. The van der Waals surface area contributed by atoms with Crippen LogP contribution in [0.4, 0.5) is 0 Å². The summed E-state index contributed by atoms with van der Waals surface area (Å²) in [6.45, 7) is 4.62. The van der Waals surface area contributed by atoms with Crippen LogP contribution in [-0.2, 0) is 4.74 Å². The lowest BCUT2D eigenvalue weighted by Crippen LogP contribution is -1.93. The molecule has 0 radical (unpaired) electrons. The molecule has 0 aliphatic rings. The highest BCUT2D eigenvalue weighted by Crippen LogP contribution is 1.75. The molecule has 0 heterocycles. The smallest absolute Gasteiger partial charge is 0.179 e. The molecule has 7 heavy (non-hydrogen) atoms. The van der Waals surface area contributed by atoms with Crippen molar-refractivity contribution in [2.45, 2.75) is 13.8 Å². The standard InChI is InChI=1S/C5H11NO/c1-4-6-5(2)7-3/h4H2,1-3H3/b6-5-. The molecule has 2 nitrogen and oxygen atoms in total. The summed E-state index contributed by atoms with van der Waals surface area (Å²) in [5.41, 5.74) is 0. The minimum atomic E-state index is 0.752. The van der Waals surface area contributed by atoms with Gasteiger partial charge in [0.2, 0.25) is 0 Å². The number of rotatable bonds is 1. The largest absolute Gasteiger partial charge is 0.484 e. The summed E-state index contributed by atoms with van der Waals surface area (Å²) >= 11 is 0. The van der Waals surface area contributed by atoms with Gasteiger partial charge >= 0.3 is 0 Å². The zero-order valence-corrected chi connectivity index (χ0v) is 5.06. The van der Waals surface area contributed by atoms with E-state index in [1.54, 1.807) is 7.11 Å². The first-order chi connectivity index (χ1) is 3.31. The molecule has 0 aliphatic heterocycles. The van der Waals surface area contributed by atoms with Crippen molar-refractivity contribution in [2.24, 2.45) is 4.99 Å². The van der Waals surface area contributed by atoms with E-state index in [9.17, 15) is 0 Å². The van der Waals surface area contributed by atoms with Crippen molar-refractivity contribution in [3.05, 3.63) is 0 Å². The van der Waals surface area contributed by atoms with Crippen molar-refractivity contribution in [1.82, 2.24) is 0 Å². The quantitative estimate of drug-likeness (QED) is 0.357. The molecule has 0 bridgehead atoms. The fourth-order valence-corrected chi connectivity index (χ4v) is 0.287. The molecule has 0 N–H and O–H groups in total. The number of hydrogen-bond donors (Lipinski definition) is 0. The Morgan fingerprint density at radius 1 is 1.71 bits per heavy atom. The lowest BCUT2D eigenvalue weighted by Gasteiger charge is -1.92. The summed E-state index contributed by atoms with van der Waals surface area (Å²) in [6.07, 6.45) is 0. The summed E-state index contributed by atoms with van der Waals surface area (Å²) in [5, 5.41) is 0. The average molecular weight is 101 g/mol. The monoisotopic (exact) mass is 101 g/mol. The molecule has 0 unspecified atom stereocenters. The number of methoxy groups -OCH3 is 1. The summed E-state index contributed by atoms with van der Waals surface area (Å²) in [6, 6.07) is 0. The van der Waals surface area contributed by atoms with Gasteiger partial charge < -0.3 is 4.74 Å². The maximum atomic E-state index is 4.74. The van der Waals surface area contributed by atoms with Crippen LogP contribution in [0, 0.1) is 0 Å². The zero-order valence-electron chi connectivity index (χ0n) is 5.06. The van der Waals surface area contributed by atoms with E-state index < -0.39 is 0 Å². The SMILES string of the molecule is CC/N=C(/C)OC. The Morgan fingerprint density at radius 2 is 2.29 bits per heavy atom. The molecule has 0 aromatic heterocycles. The van der Waals surface area contributed by atoms with Crippen molar-refractivity contribution in [2.75, 3.05) is 13.7 Å². The van der Waals surface area contributed by atoms with Crippen LogP contribution in [0.2, 0.25) is 0 Å². The summed E-state index contributed by atoms with van der Waals surface area (Å²) in [7, 11) is 1.62. The van der Waals surface area contributed by atoms with Crippen molar-refractivity contribution in [3.8, 4) is 0 Å². The van der Waals surface area contributed by atoms with Crippen molar-refractivity contribution in [1.29, 1.82) is 0 Å². The van der Waals surface area contributed by atoms with E-state index >= 15 is 0 Å². The molecule has 0 aromatic carbocycles. The number of nitrogens with zero attached hydrogens (tertiary/aromatic N) is 1. The topological polar surface area (TPSA) is 21.6 Å². The first-order valence-electron chi connectivity index (χ1n) is 2.36. The van der Waals surface area contributed by atoms with Gasteiger partial charge in [0, 0.05) is 13.5 Å². The van der Waals surface area contributed by atoms with Gasteiger partial charge in [0.15, 0.2) is 5.90 Å². The van der Waals surface area contributed by atoms with E-state index in [1.165, 1.54) is 0 Å². The molecule has 0 saturated heterocycles. The van der Waals surface area contributed by atoms with Gasteiger partial charge in [-0.25, -0.2) is 0 Å². The van der Waals surface area contributed by atoms with Gasteiger partial charge in [0.05, 0.1) is 7.11 Å². The number of ether oxygens (including phenoxy) is 1. The van der Waals surface area contributed by atoms with Crippen LogP contribution in [0.1, 0.15) is 13.8 Å². The predicted molar refractivity (Wildman–Crippen MR) is 30.7 cm³/mol. The van der Waals surface area contributed by atoms with Gasteiger partial charge in [-0.15, -0.1) is 0 Å². The maximum absolute atomic E-state index is 4.74. The molecule has 2 heteroatoms. The van der Waals surface area contributed by atoms with Crippen LogP contribution < -0.4 is 0 Å². The number of aliphatic imine (C=N–C) groups is 1. The lowest BCUT2D eigenvalue weighted by molar-refractivity contribution is 0.398. The van der Waals surface area contributed by atoms with Gasteiger partial charge in [0.25, 0.3) is 0 Å². The van der Waals surface area contributed by atoms with Crippen LogP contribution in [0.5, 0.6) is 0 Å². The predicted octanol–water partition coefficient (Wildman–Crippen LogP) is 1.07. The third kappa shape index (κ3) is 3.30. The van der Waals surface area contributed by atoms with E-state index in [2.05, 4.69) is 4.99 Å². The van der Waals surface area contributed by atoms with Gasteiger partial charge in [-0.05, 0) is 6.92 Å². The molecule has 0 fully saturated rings. The normalized spacial score (nSPS) is 11.6. The molecule has 42 valence electrons. The molecule has 0 amide bonds. The highest BCUT2D eigenvalue weighted by molar-refractivity contribution is 5.72. The third-order valence-electron chi connectivity index (χ3n) is 0.676. The Morgan fingerprint density at radius 3 is 2.43 bits per heavy atom. The molecule has 0 aromatic rings. The first kappa shape index (κ1) is 6.47. The zero-order chi connectivity index (χ0) is 5.70. The van der Waals surface area contributed by atoms with E-state index in [4.69, 9.17) is 4.74 Å².